The van der Waals surface area contributed by atoms with Gasteiger partial charge in [0.2, 0.25) is 5.91 Å². The second-order valence-electron chi connectivity index (χ2n) is 6.68. The second kappa shape index (κ2) is 6.61. The normalized spacial score (nSPS) is 27.6. The van der Waals surface area contributed by atoms with Crippen molar-refractivity contribution in [3.05, 3.63) is 35.9 Å². The first-order chi connectivity index (χ1) is 10.2. The highest BCUT2D eigenvalue weighted by Gasteiger charge is 2.32. The Kier molecular flexibility index (Phi) is 4.59. The lowest BCUT2D eigenvalue weighted by Crippen LogP contribution is -2.50. The van der Waals surface area contributed by atoms with Gasteiger partial charge in [-0.1, -0.05) is 49.6 Å². The molecule has 2 N–H and O–H groups in total. The summed E-state index contributed by atoms with van der Waals surface area (Å²) >= 11 is 0. The van der Waals surface area contributed by atoms with E-state index in [2.05, 4.69) is 24.3 Å². The van der Waals surface area contributed by atoms with E-state index in [1.165, 1.54) is 24.8 Å². The highest BCUT2D eigenvalue weighted by Crippen LogP contribution is 2.30. The smallest absolute Gasteiger partial charge is 0.225 e. The number of amides is 1. The van der Waals surface area contributed by atoms with Crippen molar-refractivity contribution < 1.29 is 4.79 Å². The monoisotopic (exact) mass is 286 g/mol. The van der Waals surface area contributed by atoms with Crippen molar-refractivity contribution >= 4 is 5.91 Å². The third-order valence-electron chi connectivity index (χ3n) is 5.02. The van der Waals surface area contributed by atoms with Crippen LogP contribution in [0, 0.1) is 5.92 Å². The van der Waals surface area contributed by atoms with Crippen LogP contribution in [0.25, 0.3) is 0 Å². The summed E-state index contributed by atoms with van der Waals surface area (Å²) in [5.41, 5.74) is 7.54. The molecule has 3 nitrogen and oxygen atoms in total. The molecule has 1 aliphatic heterocycles. The zero-order valence-corrected chi connectivity index (χ0v) is 12.7. The summed E-state index contributed by atoms with van der Waals surface area (Å²) in [5.74, 6) is 0.994. The van der Waals surface area contributed by atoms with Gasteiger partial charge in [-0.3, -0.25) is 4.79 Å². The first-order valence-electron chi connectivity index (χ1n) is 8.33. The summed E-state index contributed by atoms with van der Waals surface area (Å²) in [4.78, 5) is 14.8. The predicted molar refractivity (Wildman–Crippen MR) is 84.9 cm³/mol. The Morgan fingerprint density at radius 2 is 1.76 bits per heavy atom. The fourth-order valence-electron chi connectivity index (χ4n) is 3.89. The minimum absolute atomic E-state index is 0.108. The summed E-state index contributed by atoms with van der Waals surface area (Å²) < 4.78 is 0. The summed E-state index contributed by atoms with van der Waals surface area (Å²) in [5, 5.41) is 0. The van der Waals surface area contributed by atoms with E-state index in [1.54, 1.807) is 0 Å². The molecule has 2 atom stereocenters. The van der Waals surface area contributed by atoms with Crippen molar-refractivity contribution in [2.75, 3.05) is 13.1 Å². The van der Waals surface area contributed by atoms with Crippen LogP contribution in [0.3, 0.4) is 0 Å². The van der Waals surface area contributed by atoms with Gasteiger partial charge < -0.3 is 10.6 Å². The van der Waals surface area contributed by atoms with E-state index in [1.807, 2.05) is 11.0 Å². The average Bonchev–Trinajstić information content (AvgIpc) is 2.55. The predicted octanol–water partition coefficient (Wildman–Crippen LogP) is 2.91. The third-order valence-corrected chi connectivity index (χ3v) is 5.02. The summed E-state index contributed by atoms with van der Waals surface area (Å²) in [7, 11) is 0. The van der Waals surface area contributed by atoms with Gasteiger partial charge in [-0.2, -0.15) is 0 Å². The van der Waals surface area contributed by atoms with E-state index in [0.29, 0.717) is 11.8 Å². The fourth-order valence-corrected chi connectivity index (χ4v) is 3.89. The molecule has 3 rings (SSSR count). The number of nitrogens with zero attached hydrogens (tertiary/aromatic N) is 1. The number of rotatable bonds is 2. The Hall–Kier alpha value is -1.35. The molecule has 1 amide bonds. The number of nitrogens with two attached hydrogens (primary N) is 1. The number of likely N-dealkylation sites (tertiary alicyclic amines) is 1. The van der Waals surface area contributed by atoms with Gasteiger partial charge in [0.1, 0.15) is 0 Å². The van der Waals surface area contributed by atoms with Gasteiger partial charge in [-0.05, 0) is 24.8 Å². The number of benzene rings is 1. The first-order valence-corrected chi connectivity index (χ1v) is 8.33. The fraction of sp³-hybridized carbons (Fsp3) is 0.611. The SMILES string of the molecule is NC1CC(c2ccccc2)CN(C(=O)C2CCCCC2)C1. The van der Waals surface area contributed by atoms with Crippen molar-refractivity contribution in [3.63, 3.8) is 0 Å². The standard InChI is InChI=1S/C18H26N2O/c19-17-11-16(14-7-3-1-4-8-14)12-20(13-17)18(21)15-9-5-2-6-10-15/h1,3-4,7-8,15-17H,2,5-6,9-13,19H2. The maximum absolute atomic E-state index is 12.7. The van der Waals surface area contributed by atoms with Crippen LogP contribution in [0.4, 0.5) is 0 Å². The molecule has 0 radical (unpaired) electrons. The molecule has 1 aromatic carbocycles. The van der Waals surface area contributed by atoms with E-state index in [4.69, 9.17) is 5.73 Å². The highest BCUT2D eigenvalue weighted by atomic mass is 16.2. The molecular weight excluding hydrogens is 260 g/mol. The molecule has 0 aromatic heterocycles. The maximum Gasteiger partial charge on any atom is 0.225 e. The molecule has 1 saturated heterocycles. The first kappa shape index (κ1) is 14.6. The van der Waals surface area contributed by atoms with E-state index in [9.17, 15) is 4.79 Å². The lowest BCUT2D eigenvalue weighted by atomic mass is 9.85. The lowest BCUT2D eigenvalue weighted by Gasteiger charge is -2.39. The quantitative estimate of drug-likeness (QED) is 0.908. The number of hydrogen-bond acceptors (Lipinski definition) is 2. The van der Waals surface area contributed by atoms with Gasteiger partial charge in [-0.25, -0.2) is 0 Å². The molecule has 21 heavy (non-hydrogen) atoms. The molecule has 1 saturated carbocycles. The summed E-state index contributed by atoms with van der Waals surface area (Å²) in [6.07, 6.45) is 6.83. The van der Waals surface area contributed by atoms with Crippen LogP contribution in [0.1, 0.15) is 50.0 Å². The van der Waals surface area contributed by atoms with Gasteiger partial charge in [0, 0.05) is 31.0 Å². The van der Waals surface area contributed by atoms with Gasteiger partial charge in [0.15, 0.2) is 0 Å². The zero-order valence-electron chi connectivity index (χ0n) is 12.7. The summed E-state index contributed by atoms with van der Waals surface area (Å²) in [6.45, 7) is 1.58. The van der Waals surface area contributed by atoms with Crippen LogP contribution in [-0.2, 0) is 4.79 Å². The van der Waals surface area contributed by atoms with Gasteiger partial charge in [0.05, 0.1) is 0 Å². The Bertz CT molecular complexity index is 467. The van der Waals surface area contributed by atoms with Crippen molar-refractivity contribution in [2.45, 2.75) is 50.5 Å². The largest absolute Gasteiger partial charge is 0.340 e. The van der Waals surface area contributed by atoms with Gasteiger partial charge in [-0.15, -0.1) is 0 Å². The lowest BCUT2D eigenvalue weighted by molar-refractivity contribution is -0.138. The topological polar surface area (TPSA) is 46.3 Å². The van der Waals surface area contributed by atoms with Crippen LogP contribution in [0.2, 0.25) is 0 Å². The highest BCUT2D eigenvalue weighted by molar-refractivity contribution is 5.79. The molecule has 0 spiro atoms. The molecule has 0 bridgehead atoms. The Balaban J connectivity index is 1.69. The Morgan fingerprint density at radius 1 is 1.05 bits per heavy atom. The number of carbonyl (C=O) groups excluding carboxylic acids is 1. The van der Waals surface area contributed by atoms with Gasteiger partial charge >= 0.3 is 0 Å². The number of carbonyl (C=O) groups is 1. The molecule has 2 fully saturated rings. The van der Waals surface area contributed by atoms with Crippen LogP contribution in [-0.4, -0.2) is 29.9 Å². The van der Waals surface area contributed by atoms with E-state index < -0.39 is 0 Å². The third kappa shape index (κ3) is 3.46. The molecule has 1 aliphatic carbocycles. The van der Waals surface area contributed by atoms with Crippen LogP contribution >= 0.6 is 0 Å². The van der Waals surface area contributed by atoms with Crippen molar-refractivity contribution in [3.8, 4) is 0 Å². The molecule has 1 heterocycles. The molecule has 114 valence electrons. The van der Waals surface area contributed by atoms with E-state index in [-0.39, 0.29) is 12.0 Å². The molecule has 1 aromatic rings. The van der Waals surface area contributed by atoms with Crippen molar-refractivity contribution in [1.29, 1.82) is 0 Å². The van der Waals surface area contributed by atoms with E-state index in [0.717, 1.165) is 32.4 Å². The Morgan fingerprint density at radius 3 is 2.48 bits per heavy atom. The number of piperidine rings is 1. The molecular formula is C18H26N2O. The maximum atomic E-state index is 12.7. The second-order valence-corrected chi connectivity index (χ2v) is 6.68. The zero-order chi connectivity index (χ0) is 14.7. The minimum atomic E-state index is 0.108. The molecule has 2 unspecified atom stereocenters. The number of hydrogen-bond donors (Lipinski definition) is 1. The molecule has 3 heteroatoms. The van der Waals surface area contributed by atoms with Crippen LogP contribution < -0.4 is 5.73 Å². The molecule has 2 aliphatic rings. The van der Waals surface area contributed by atoms with Crippen LogP contribution in [0.15, 0.2) is 30.3 Å². The van der Waals surface area contributed by atoms with Crippen molar-refractivity contribution in [1.82, 2.24) is 4.90 Å². The minimum Gasteiger partial charge on any atom is -0.340 e. The van der Waals surface area contributed by atoms with Crippen molar-refractivity contribution in [2.24, 2.45) is 11.7 Å². The Labute approximate surface area is 127 Å². The summed E-state index contributed by atoms with van der Waals surface area (Å²) in [6, 6.07) is 10.6. The average molecular weight is 286 g/mol. The van der Waals surface area contributed by atoms with E-state index >= 15 is 0 Å². The van der Waals surface area contributed by atoms with Crippen LogP contribution in [0.5, 0.6) is 0 Å². The van der Waals surface area contributed by atoms with Gasteiger partial charge in [0.25, 0.3) is 0 Å².